The number of hydrogen-bond donors (Lipinski definition) is 1. The zero-order chi connectivity index (χ0) is 14.4. The van der Waals surface area contributed by atoms with Crippen LogP contribution in [0, 0.1) is 11.3 Å². The molecule has 2 atom stereocenters. The van der Waals surface area contributed by atoms with Crippen LogP contribution in [-0.2, 0) is 0 Å². The van der Waals surface area contributed by atoms with Crippen molar-refractivity contribution in [3.05, 3.63) is 59.9 Å². The maximum atomic E-state index is 8.80. The Bertz CT molecular complexity index is 575. The van der Waals surface area contributed by atoms with E-state index in [2.05, 4.69) is 11.1 Å². The third-order valence-electron chi connectivity index (χ3n) is 3.12. The normalized spacial score (nSPS) is 13.2. The summed E-state index contributed by atoms with van der Waals surface area (Å²) in [4.78, 5) is 4.11. The predicted molar refractivity (Wildman–Crippen MR) is 77.0 cm³/mol. The summed E-state index contributed by atoms with van der Waals surface area (Å²) in [5.41, 5.74) is 7.70. The Balaban J connectivity index is 2.22. The highest BCUT2D eigenvalue weighted by molar-refractivity contribution is 5.35. The van der Waals surface area contributed by atoms with E-state index in [9.17, 15) is 0 Å². The molecule has 102 valence electrons. The van der Waals surface area contributed by atoms with Crippen LogP contribution in [0.3, 0.4) is 0 Å². The molecule has 0 bridgehead atoms. The van der Waals surface area contributed by atoms with Gasteiger partial charge in [-0.15, -0.1) is 0 Å². The molecule has 0 aliphatic heterocycles. The molecule has 0 saturated carbocycles. The third-order valence-corrected chi connectivity index (χ3v) is 3.12. The summed E-state index contributed by atoms with van der Waals surface area (Å²) in [6.45, 7) is 2.02. The van der Waals surface area contributed by atoms with Crippen LogP contribution < -0.4 is 10.5 Å². The van der Waals surface area contributed by atoms with Crippen LogP contribution in [0.15, 0.2) is 48.8 Å². The Morgan fingerprint density at radius 2 is 2.05 bits per heavy atom. The van der Waals surface area contributed by atoms with Crippen molar-refractivity contribution in [2.75, 3.05) is 0 Å². The largest absolute Gasteiger partial charge is 0.484 e. The molecule has 2 unspecified atom stereocenters. The first-order chi connectivity index (χ1) is 9.74. The Hall–Kier alpha value is -2.38. The molecule has 4 heteroatoms. The number of nitrogens with two attached hydrogens (primary N) is 1. The molecular formula is C16H17N3O. The number of rotatable bonds is 5. The lowest BCUT2D eigenvalue weighted by molar-refractivity contribution is 0.170. The summed E-state index contributed by atoms with van der Waals surface area (Å²) in [7, 11) is 0. The molecule has 2 rings (SSSR count). The molecule has 2 N–H and O–H groups in total. The molecule has 4 nitrogen and oxygen atoms in total. The van der Waals surface area contributed by atoms with Crippen molar-refractivity contribution in [2.45, 2.75) is 25.5 Å². The van der Waals surface area contributed by atoms with Crippen LogP contribution in [0.1, 0.15) is 30.6 Å². The fourth-order valence-corrected chi connectivity index (χ4v) is 1.92. The van der Waals surface area contributed by atoms with Crippen LogP contribution >= 0.6 is 0 Å². The van der Waals surface area contributed by atoms with E-state index < -0.39 is 0 Å². The van der Waals surface area contributed by atoms with Gasteiger partial charge in [-0.2, -0.15) is 5.26 Å². The summed E-state index contributed by atoms with van der Waals surface area (Å²) in [5.74, 6) is 0.696. The van der Waals surface area contributed by atoms with Crippen LogP contribution in [0.5, 0.6) is 5.75 Å². The van der Waals surface area contributed by atoms with Gasteiger partial charge >= 0.3 is 0 Å². The smallest absolute Gasteiger partial charge is 0.140 e. The van der Waals surface area contributed by atoms with Crippen LogP contribution in [0.2, 0.25) is 0 Å². The van der Waals surface area contributed by atoms with E-state index in [1.165, 1.54) is 0 Å². The summed E-state index contributed by atoms with van der Waals surface area (Å²) < 4.78 is 5.98. The molecule has 1 aromatic carbocycles. The van der Waals surface area contributed by atoms with E-state index in [0.29, 0.717) is 11.3 Å². The van der Waals surface area contributed by atoms with Crippen LogP contribution in [0.4, 0.5) is 0 Å². The number of nitrogens with zero attached hydrogens (tertiary/aromatic N) is 2. The van der Waals surface area contributed by atoms with E-state index in [1.807, 2.05) is 19.1 Å². The summed E-state index contributed by atoms with van der Waals surface area (Å²) in [6.07, 6.45) is 4.04. The number of nitriles is 1. The fourth-order valence-electron chi connectivity index (χ4n) is 1.92. The average molecular weight is 267 g/mol. The van der Waals surface area contributed by atoms with Crippen LogP contribution in [-0.4, -0.2) is 11.0 Å². The Kier molecular flexibility index (Phi) is 4.70. The second kappa shape index (κ2) is 6.69. The number of aromatic nitrogens is 1. The Morgan fingerprint density at radius 3 is 2.60 bits per heavy atom. The monoisotopic (exact) mass is 267 g/mol. The molecule has 0 amide bonds. The standard InChI is InChI=1S/C16H17N3O/c1-2-15(18)16(13-4-3-9-19-11-13)20-14-7-5-12(10-17)6-8-14/h3-9,11,15-16H,2,18H2,1H3. The Morgan fingerprint density at radius 1 is 1.30 bits per heavy atom. The van der Waals surface area contributed by atoms with Gasteiger partial charge < -0.3 is 10.5 Å². The van der Waals surface area contributed by atoms with E-state index in [1.54, 1.807) is 36.7 Å². The van der Waals surface area contributed by atoms with Crippen molar-refractivity contribution >= 4 is 0 Å². The Labute approximate surface area is 118 Å². The molecule has 20 heavy (non-hydrogen) atoms. The SMILES string of the molecule is CCC(N)C(Oc1ccc(C#N)cc1)c1cccnc1. The van der Waals surface area contributed by atoms with Gasteiger partial charge in [0.15, 0.2) is 0 Å². The molecule has 1 aromatic heterocycles. The van der Waals surface area contributed by atoms with Gasteiger partial charge in [0.05, 0.1) is 11.6 Å². The van der Waals surface area contributed by atoms with E-state index >= 15 is 0 Å². The lowest BCUT2D eigenvalue weighted by Gasteiger charge is -2.24. The van der Waals surface area contributed by atoms with Crippen molar-refractivity contribution in [1.29, 1.82) is 5.26 Å². The first kappa shape index (κ1) is 14.0. The quantitative estimate of drug-likeness (QED) is 0.904. The highest BCUT2D eigenvalue weighted by atomic mass is 16.5. The minimum Gasteiger partial charge on any atom is -0.484 e. The van der Waals surface area contributed by atoms with Gasteiger partial charge in [-0.3, -0.25) is 4.98 Å². The van der Waals surface area contributed by atoms with Gasteiger partial charge in [0.1, 0.15) is 11.9 Å². The third kappa shape index (κ3) is 3.34. The van der Waals surface area contributed by atoms with Crippen LogP contribution in [0.25, 0.3) is 0 Å². The molecule has 0 spiro atoms. The maximum Gasteiger partial charge on any atom is 0.140 e. The second-order valence-corrected chi connectivity index (χ2v) is 4.53. The lowest BCUT2D eigenvalue weighted by atomic mass is 10.0. The molecule has 0 aliphatic carbocycles. The highest BCUT2D eigenvalue weighted by Crippen LogP contribution is 2.25. The average Bonchev–Trinajstić information content (AvgIpc) is 2.53. The summed E-state index contributed by atoms with van der Waals surface area (Å²) in [6, 6.07) is 12.8. The van der Waals surface area contributed by atoms with E-state index in [0.717, 1.165) is 12.0 Å². The van der Waals surface area contributed by atoms with Gasteiger partial charge in [-0.1, -0.05) is 13.0 Å². The van der Waals surface area contributed by atoms with Gasteiger partial charge in [0, 0.05) is 24.0 Å². The second-order valence-electron chi connectivity index (χ2n) is 4.53. The van der Waals surface area contributed by atoms with Crippen molar-refractivity contribution in [3.8, 4) is 11.8 Å². The van der Waals surface area contributed by atoms with Crippen molar-refractivity contribution in [1.82, 2.24) is 4.98 Å². The molecule has 1 heterocycles. The molecule has 0 radical (unpaired) electrons. The maximum absolute atomic E-state index is 8.80. The first-order valence-electron chi connectivity index (χ1n) is 6.57. The van der Waals surface area contributed by atoms with Gasteiger partial charge in [0.2, 0.25) is 0 Å². The van der Waals surface area contributed by atoms with Crippen molar-refractivity contribution in [3.63, 3.8) is 0 Å². The summed E-state index contributed by atoms with van der Waals surface area (Å²) >= 11 is 0. The first-order valence-corrected chi connectivity index (χ1v) is 6.57. The minimum absolute atomic E-state index is 0.116. The van der Waals surface area contributed by atoms with E-state index in [-0.39, 0.29) is 12.1 Å². The van der Waals surface area contributed by atoms with Gasteiger partial charge in [-0.05, 0) is 36.8 Å². The molecule has 0 saturated heterocycles. The van der Waals surface area contributed by atoms with Crippen molar-refractivity contribution in [2.24, 2.45) is 5.73 Å². The predicted octanol–water partition coefficient (Wildman–Crippen LogP) is 2.81. The highest BCUT2D eigenvalue weighted by Gasteiger charge is 2.20. The van der Waals surface area contributed by atoms with Crippen molar-refractivity contribution < 1.29 is 4.74 Å². The minimum atomic E-state index is -0.248. The fraction of sp³-hybridized carbons (Fsp3) is 0.250. The van der Waals surface area contributed by atoms with Gasteiger partial charge in [0.25, 0.3) is 0 Å². The van der Waals surface area contributed by atoms with Gasteiger partial charge in [-0.25, -0.2) is 0 Å². The molecule has 2 aromatic rings. The number of benzene rings is 1. The molecule has 0 aliphatic rings. The number of ether oxygens (including phenoxy) is 1. The summed E-state index contributed by atoms with van der Waals surface area (Å²) in [5, 5.41) is 8.80. The lowest BCUT2D eigenvalue weighted by Crippen LogP contribution is -2.31. The number of hydrogen-bond acceptors (Lipinski definition) is 4. The topological polar surface area (TPSA) is 71.9 Å². The molecule has 0 fully saturated rings. The number of pyridine rings is 1. The van der Waals surface area contributed by atoms with E-state index in [4.69, 9.17) is 15.7 Å². The zero-order valence-electron chi connectivity index (χ0n) is 11.4. The molecular weight excluding hydrogens is 250 g/mol. The zero-order valence-corrected chi connectivity index (χ0v) is 11.4.